The molecule has 1 aromatic heterocycles. The molecule has 1 aliphatic heterocycles. The SMILES string of the molecule is COC(=O)C1=C(C(=O)OC)N(c2ccc(NC(=O)c3cc4ccccc4o3)c(C)c2)C(N)=C(C#N)C1c1ccccc1. The van der Waals surface area contributed by atoms with Gasteiger partial charge in [0, 0.05) is 16.8 Å². The molecule has 10 nitrogen and oxygen atoms in total. The topological polar surface area (TPSA) is 148 Å². The fraction of sp³-hybridized carbons (Fsp3) is 0.125. The predicted octanol–water partition coefficient (Wildman–Crippen LogP) is 4.89. The van der Waals surface area contributed by atoms with E-state index in [9.17, 15) is 19.6 Å². The zero-order valence-corrected chi connectivity index (χ0v) is 23.0. The van der Waals surface area contributed by atoms with E-state index in [1.807, 2.05) is 18.2 Å². The molecule has 0 spiro atoms. The molecule has 210 valence electrons. The summed E-state index contributed by atoms with van der Waals surface area (Å²) in [6.45, 7) is 1.75. The van der Waals surface area contributed by atoms with E-state index in [2.05, 4.69) is 11.4 Å². The first-order valence-corrected chi connectivity index (χ1v) is 12.8. The van der Waals surface area contributed by atoms with Crippen LogP contribution in [0.4, 0.5) is 11.4 Å². The van der Waals surface area contributed by atoms with Crippen molar-refractivity contribution in [2.75, 3.05) is 24.4 Å². The summed E-state index contributed by atoms with van der Waals surface area (Å²) >= 11 is 0. The van der Waals surface area contributed by atoms with E-state index in [1.54, 1.807) is 67.6 Å². The number of methoxy groups -OCH3 is 2. The molecule has 0 saturated heterocycles. The van der Waals surface area contributed by atoms with Gasteiger partial charge < -0.3 is 24.9 Å². The van der Waals surface area contributed by atoms with Gasteiger partial charge in [0.05, 0.1) is 37.4 Å². The third-order valence-electron chi connectivity index (χ3n) is 6.98. The van der Waals surface area contributed by atoms with Gasteiger partial charge in [-0.15, -0.1) is 0 Å². The molecule has 1 amide bonds. The maximum absolute atomic E-state index is 13.3. The number of hydrogen-bond donors (Lipinski definition) is 2. The smallest absolute Gasteiger partial charge is 0.355 e. The number of hydrogen-bond acceptors (Lipinski definition) is 9. The summed E-state index contributed by atoms with van der Waals surface area (Å²) in [6.07, 6.45) is 0. The van der Waals surface area contributed by atoms with E-state index in [-0.39, 0.29) is 28.4 Å². The molecule has 1 unspecified atom stereocenters. The van der Waals surface area contributed by atoms with E-state index >= 15 is 0 Å². The first-order valence-electron chi connectivity index (χ1n) is 12.8. The van der Waals surface area contributed by atoms with Crippen LogP contribution in [0.1, 0.15) is 27.6 Å². The van der Waals surface area contributed by atoms with E-state index in [4.69, 9.17) is 19.6 Å². The second kappa shape index (κ2) is 11.3. The Morgan fingerprint density at radius 3 is 2.29 bits per heavy atom. The molecular formula is C32H26N4O6. The van der Waals surface area contributed by atoms with Crippen molar-refractivity contribution in [3.63, 3.8) is 0 Å². The normalized spacial score (nSPS) is 14.9. The van der Waals surface area contributed by atoms with Gasteiger partial charge in [-0.3, -0.25) is 9.69 Å². The minimum Gasteiger partial charge on any atom is -0.466 e. The lowest BCUT2D eigenvalue weighted by Crippen LogP contribution is -2.40. The highest BCUT2D eigenvalue weighted by atomic mass is 16.5. The van der Waals surface area contributed by atoms with Gasteiger partial charge in [0.25, 0.3) is 5.91 Å². The van der Waals surface area contributed by atoms with E-state index in [0.717, 1.165) is 5.39 Å². The van der Waals surface area contributed by atoms with Gasteiger partial charge in [0.1, 0.15) is 17.1 Å². The number of amides is 1. The monoisotopic (exact) mass is 562 g/mol. The number of anilines is 2. The molecular weight excluding hydrogens is 536 g/mol. The summed E-state index contributed by atoms with van der Waals surface area (Å²) in [6, 6.07) is 24.7. The highest BCUT2D eigenvalue weighted by Gasteiger charge is 2.43. The van der Waals surface area contributed by atoms with Crippen LogP contribution in [0.15, 0.2) is 106 Å². The van der Waals surface area contributed by atoms with Crippen LogP contribution in [0.5, 0.6) is 0 Å². The molecule has 5 rings (SSSR count). The largest absolute Gasteiger partial charge is 0.466 e. The van der Waals surface area contributed by atoms with Crippen LogP contribution in [0.25, 0.3) is 11.0 Å². The molecule has 3 N–H and O–H groups in total. The Bertz CT molecular complexity index is 1800. The van der Waals surface area contributed by atoms with Crippen molar-refractivity contribution >= 4 is 40.2 Å². The van der Waals surface area contributed by atoms with Gasteiger partial charge in [0.15, 0.2) is 5.76 Å². The molecule has 0 radical (unpaired) electrons. The van der Waals surface area contributed by atoms with Crippen molar-refractivity contribution in [3.05, 3.63) is 118 Å². The summed E-state index contributed by atoms with van der Waals surface area (Å²) in [7, 11) is 2.37. The molecule has 10 heteroatoms. The molecule has 0 bridgehead atoms. The standard InChI is InChI=1S/C32H26N4O6/c1-18-15-21(13-14-23(18)35-30(37)25-16-20-11-7-8-12-24(20)42-25)36-28(32(39)41-3)27(31(38)40-2)26(22(17-33)29(36)34)19-9-5-4-6-10-19/h4-16,26H,34H2,1-3H3,(H,35,37). The van der Waals surface area contributed by atoms with Crippen molar-refractivity contribution in [3.8, 4) is 6.07 Å². The van der Waals surface area contributed by atoms with Gasteiger partial charge >= 0.3 is 11.9 Å². The van der Waals surface area contributed by atoms with Gasteiger partial charge in [-0.2, -0.15) is 5.26 Å². The molecule has 42 heavy (non-hydrogen) atoms. The molecule has 0 fully saturated rings. The Balaban J connectivity index is 1.59. The fourth-order valence-electron chi connectivity index (χ4n) is 4.99. The number of allylic oxidation sites excluding steroid dienone is 1. The Labute approximate surface area is 241 Å². The van der Waals surface area contributed by atoms with Crippen molar-refractivity contribution in [2.24, 2.45) is 5.73 Å². The summed E-state index contributed by atoms with van der Waals surface area (Å²) in [5.74, 6) is -3.00. The van der Waals surface area contributed by atoms with E-state index in [0.29, 0.717) is 28.1 Å². The molecule has 0 saturated carbocycles. The summed E-state index contributed by atoms with van der Waals surface area (Å²) in [4.78, 5) is 40.8. The minimum atomic E-state index is -0.975. The maximum Gasteiger partial charge on any atom is 0.355 e. The Kier molecular flexibility index (Phi) is 7.49. The lowest BCUT2D eigenvalue weighted by Gasteiger charge is -2.36. The zero-order valence-electron chi connectivity index (χ0n) is 23.0. The van der Waals surface area contributed by atoms with Gasteiger partial charge in [-0.05, 0) is 48.4 Å². The number of para-hydroxylation sites is 1. The molecule has 1 atom stereocenters. The number of benzene rings is 3. The molecule has 3 aromatic carbocycles. The number of carbonyl (C=O) groups excluding carboxylic acids is 3. The van der Waals surface area contributed by atoms with Crippen LogP contribution in [-0.2, 0) is 19.1 Å². The average Bonchev–Trinajstić information content (AvgIpc) is 3.46. The number of aryl methyl sites for hydroxylation is 1. The third-order valence-corrected chi connectivity index (χ3v) is 6.98. The van der Waals surface area contributed by atoms with Crippen molar-refractivity contribution in [2.45, 2.75) is 12.8 Å². The zero-order chi connectivity index (χ0) is 30.0. The second-order valence-electron chi connectivity index (χ2n) is 9.44. The number of nitrogens with zero attached hydrogens (tertiary/aromatic N) is 2. The van der Waals surface area contributed by atoms with Crippen molar-refractivity contribution in [1.29, 1.82) is 5.26 Å². The highest BCUT2D eigenvalue weighted by Crippen LogP contribution is 2.43. The third kappa shape index (κ3) is 4.84. The van der Waals surface area contributed by atoms with Gasteiger partial charge in [-0.1, -0.05) is 48.5 Å². The number of furan rings is 1. The van der Waals surface area contributed by atoms with Crippen LogP contribution >= 0.6 is 0 Å². The van der Waals surface area contributed by atoms with Gasteiger partial charge in [0.2, 0.25) is 0 Å². The van der Waals surface area contributed by atoms with Crippen molar-refractivity contribution < 1.29 is 28.3 Å². The number of carbonyl (C=O) groups is 3. The Hall–Kier alpha value is -5.82. The lowest BCUT2D eigenvalue weighted by atomic mass is 9.81. The van der Waals surface area contributed by atoms with Crippen LogP contribution in [0.2, 0.25) is 0 Å². The number of nitrogens with two attached hydrogens (primary N) is 1. The molecule has 2 heterocycles. The minimum absolute atomic E-state index is 0.0502. The summed E-state index contributed by atoms with van der Waals surface area (Å²) in [5, 5.41) is 13.8. The van der Waals surface area contributed by atoms with Crippen LogP contribution in [0, 0.1) is 18.3 Å². The van der Waals surface area contributed by atoms with Gasteiger partial charge in [-0.25, -0.2) is 9.59 Å². The Morgan fingerprint density at radius 2 is 1.64 bits per heavy atom. The number of ether oxygens (including phenoxy) is 2. The number of nitriles is 1. The first-order chi connectivity index (χ1) is 20.3. The highest BCUT2D eigenvalue weighted by molar-refractivity contribution is 6.07. The van der Waals surface area contributed by atoms with Crippen LogP contribution in [-0.4, -0.2) is 32.1 Å². The summed E-state index contributed by atoms with van der Waals surface area (Å²) < 4.78 is 15.8. The predicted molar refractivity (Wildman–Crippen MR) is 155 cm³/mol. The molecule has 1 aliphatic rings. The van der Waals surface area contributed by atoms with E-state index in [1.165, 1.54) is 19.1 Å². The molecule has 4 aromatic rings. The van der Waals surface area contributed by atoms with Crippen molar-refractivity contribution in [1.82, 2.24) is 0 Å². The van der Waals surface area contributed by atoms with Crippen LogP contribution in [0.3, 0.4) is 0 Å². The average molecular weight is 563 g/mol. The number of fused-ring (bicyclic) bond motifs is 1. The Morgan fingerprint density at radius 1 is 0.952 bits per heavy atom. The quantitative estimate of drug-likeness (QED) is 0.313. The number of nitrogens with one attached hydrogen (secondary N) is 1. The fourth-order valence-corrected chi connectivity index (χ4v) is 4.99. The second-order valence-corrected chi connectivity index (χ2v) is 9.44. The van der Waals surface area contributed by atoms with Crippen LogP contribution < -0.4 is 16.0 Å². The lowest BCUT2D eigenvalue weighted by molar-refractivity contribution is -0.139. The number of rotatable bonds is 6. The molecule has 0 aliphatic carbocycles. The first kappa shape index (κ1) is 27.7. The number of esters is 2. The maximum atomic E-state index is 13.3. The summed E-state index contributed by atoms with van der Waals surface area (Å²) in [5.41, 5.74) is 8.93. The van der Waals surface area contributed by atoms with E-state index < -0.39 is 23.8 Å².